The lowest BCUT2D eigenvalue weighted by molar-refractivity contribution is -0.151. The topological polar surface area (TPSA) is 95.9 Å². The lowest BCUT2D eigenvalue weighted by Crippen LogP contribution is -2.46. The lowest BCUT2D eigenvalue weighted by atomic mass is 10.0. The zero-order chi connectivity index (χ0) is 44.5. The molecule has 3 atom stereocenters. The highest BCUT2D eigenvalue weighted by molar-refractivity contribution is 5.77. The van der Waals surface area contributed by atoms with Crippen molar-refractivity contribution in [2.75, 3.05) is 6.61 Å². The summed E-state index contributed by atoms with van der Waals surface area (Å²) in [6, 6.07) is -0.709. The van der Waals surface area contributed by atoms with Crippen LogP contribution in [-0.4, -0.2) is 46.9 Å². The molecule has 0 aliphatic rings. The number of unbranched alkanes of at least 4 members (excludes halogenated alkanes) is 33. The normalized spacial score (nSPS) is 13.3. The highest BCUT2D eigenvalue weighted by Crippen LogP contribution is 2.18. The van der Waals surface area contributed by atoms with E-state index in [0.717, 1.165) is 57.8 Å². The van der Waals surface area contributed by atoms with E-state index in [9.17, 15) is 19.8 Å². The van der Waals surface area contributed by atoms with Gasteiger partial charge in [-0.25, -0.2) is 0 Å². The number of esters is 1. The molecule has 0 rings (SSSR count). The summed E-state index contributed by atoms with van der Waals surface area (Å²) in [7, 11) is 0. The Bertz CT molecular complexity index is 966. The minimum atomic E-state index is -0.793. The Balaban J connectivity index is 4.49. The van der Waals surface area contributed by atoms with Gasteiger partial charge in [0.25, 0.3) is 0 Å². The van der Waals surface area contributed by atoms with Crippen molar-refractivity contribution in [2.45, 2.75) is 309 Å². The standard InChI is InChI=1S/C55H105NO5/c1-4-7-10-13-16-19-22-24-26-27-28-29-32-35-38-41-44-47-53(58)52(50-57)56-54(59)49-51(46-43-40-37-34-31-21-18-15-12-9-6-3)61-55(60)48-45-42-39-36-33-30-25-23-20-17-14-11-8-5-2/h30,33-34,37,51-53,57-58H,4-29,31-32,35-36,38-50H2,1-3H3,(H,56,59)/b33-30-,37-34-. The van der Waals surface area contributed by atoms with E-state index in [4.69, 9.17) is 4.74 Å². The number of rotatable bonds is 49. The van der Waals surface area contributed by atoms with E-state index in [1.807, 2.05) is 0 Å². The summed E-state index contributed by atoms with van der Waals surface area (Å²) < 4.78 is 5.91. The average molecular weight is 860 g/mol. The van der Waals surface area contributed by atoms with Gasteiger partial charge in [0.05, 0.1) is 25.2 Å². The molecule has 0 bridgehead atoms. The van der Waals surface area contributed by atoms with E-state index in [1.54, 1.807) is 0 Å². The third-order valence-electron chi connectivity index (χ3n) is 12.5. The summed E-state index contributed by atoms with van der Waals surface area (Å²) in [6.07, 6.45) is 56.8. The van der Waals surface area contributed by atoms with Crippen LogP contribution in [0.2, 0.25) is 0 Å². The highest BCUT2D eigenvalue weighted by atomic mass is 16.5. The van der Waals surface area contributed by atoms with Crippen molar-refractivity contribution in [3.63, 3.8) is 0 Å². The molecule has 1 amide bonds. The Hall–Kier alpha value is -1.66. The van der Waals surface area contributed by atoms with Gasteiger partial charge in [-0.05, 0) is 70.6 Å². The number of carbonyl (C=O) groups is 2. The van der Waals surface area contributed by atoms with Crippen molar-refractivity contribution in [2.24, 2.45) is 0 Å². The summed E-state index contributed by atoms with van der Waals surface area (Å²) in [5.74, 6) is -0.511. The van der Waals surface area contributed by atoms with Crippen LogP contribution in [0.4, 0.5) is 0 Å². The van der Waals surface area contributed by atoms with Crippen LogP contribution < -0.4 is 5.32 Å². The molecule has 0 saturated heterocycles. The summed E-state index contributed by atoms with van der Waals surface area (Å²) >= 11 is 0. The Morgan fingerprint density at radius 3 is 1.20 bits per heavy atom. The van der Waals surface area contributed by atoms with Crippen molar-refractivity contribution >= 4 is 11.9 Å². The molecule has 0 radical (unpaired) electrons. The molecule has 360 valence electrons. The van der Waals surface area contributed by atoms with Crippen LogP contribution in [0.15, 0.2) is 24.3 Å². The van der Waals surface area contributed by atoms with Crippen molar-refractivity contribution in [1.29, 1.82) is 0 Å². The molecule has 3 unspecified atom stereocenters. The first-order valence-electron chi connectivity index (χ1n) is 27.1. The van der Waals surface area contributed by atoms with Gasteiger partial charge in [-0.15, -0.1) is 0 Å². The molecule has 0 heterocycles. The second-order valence-corrected chi connectivity index (χ2v) is 18.6. The van der Waals surface area contributed by atoms with Crippen molar-refractivity contribution in [3.8, 4) is 0 Å². The van der Waals surface area contributed by atoms with Crippen LogP contribution in [0.5, 0.6) is 0 Å². The molecular weight excluding hydrogens is 755 g/mol. The van der Waals surface area contributed by atoms with E-state index in [2.05, 4.69) is 50.4 Å². The molecule has 6 heteroatoms. The molecular formula is C55H105NO5. The minimum Gasteiger partial charge on any atom is -0.462 e. The number of nitrogens with one attached hydrogen (secondary N) is 1. The molecule has 3 N–H and O–H groups in total. The van der Waals surface area contributed by atoms with E-state index >= 15 is 0 Å². The van der Waals surface area contributed by atoms with E-state index in [-0.39, 0.29) is 24.9 Å². The van der Waals surface area contributed by atoms with E-state index in [0.29, 0.717) is 19.3 Å². The molecule has 61 heavy (non-hydrogen) atoms. The van der Waals surface area contributed by atoms with E-state index < -0.39 is 18.2 Å². The van der Waals surface area contributed by atoms with Gasteiger partial charge in [-0.2, -0.15) is 0 Å². The van der Waals surface area contributed by atoms with Gasteiger partial charge in [0.15, 0.2) is 0 Å². The maximum absolute atomic E-state index is 13.2. The van der Waals surface area contributed by atoms with Crippen LogP contribution in [0.1, 0.15) is 290 Å². The summed E-state index contributed by atoms with van der Waals surface area (Å²) in [4.78, 5) is 26.1. The summed E-state index contributed by atoms with van der Waals surface area (Å²) in [6.45, 7) is 6.48. The molecule has 0 saturated carbocycles. The van der Waals surface area contributed by atoms with Crippen molar-refractivity contribution < 1.29 is 24.5 Å². The molecule has 0 aliphatic heterocycles. The van der Waals surface area contributed by atoms with Crippen LogP contribution in [0, 0.1) is 0 Å². The fourth-order valence-electron chi connectivity index (χ4n) is 8.37. The third kappa shape index (κ3) is 44.7. The number of aliphatic hydroxyl groups is 2. The average Bonchev–Trinajstić information content (AvgIpc) is 3.25. The number of hydrogen-bond acceptors (Lipinski definition) is 5. The predicted octanol–water partition coefficient (Wildman–Crippen LogP) is 16.3. The SMILES string of the molecule is CCCCCCCC/C=C\CCCC(CC(=O)NC(CO)C(O)CCCCCCCCCCCCCCCCCCC)OC(=O)CCCCC/C=C\CCCCCCCCC. The van der Waals surface area contributed by atoms with Crippen molar-refractivity contribution in [1.82, 2.24) is 5.32 Å². The van der Waals surface area contributed by atoms with Gasteiger partial charge >= 0.3 is 5.97 Å². The largest absolute Gasteiger partial charge is 0.462 e. The monoisotopic (exact) mass is 860 g/mol. The molecule has 0 spiro atoms. The van der Waals surface area contributed by atoms with Crippen LogP contribution in [-0.2, 0) is 14.3 Å². The number of amides is 1. The second-order valence-electron chi connectivity index (χ2n) is 18.6. The van der Waals surface area contributed by atoms with Crippen LogP contribution in [0.25, 0.3) is 0 Å². The quantitative estimate of drug-likeness (QED) is 0.0322. The second kappa shape index (κ2) is 49.4. The van der Waals surface area contributed by atoms with Gasteiger partial charge in [-0.3, -0.25) is 9.59 Å². The first-order chi connectivity index (χ1) is 30.0. The number of hydrogen-bond donors (Lipinski definition) is 3. The molecule has 0 aliphatic carbocycles. The Morgan fingerprint density at radius 1 is 0.459 bits per heavy atom. The fraction of sp³-hybridized carbons (Fsp3) is 0.891. The highest BCUT2D eigenvalue weighted by Gasteiger charge is 2.24. The summed E-state index contributed by atoms with van der Waals surface area (Å²) in [5, 5.41) is 23.8. The summed E-state index contributed by atoms with van der Waals surface area (Å²) in [5.41, 5.74) is 0. The number of ether oxygens (including phenoxy) is 1. The van der Waals surface area contributed by atoms with Gasteiger partial charge < -0.3 is 20.3 Å². The Kier molecular flexibility index (Phi) is 48.0. The van der Waals surface area contributed by atoms with Crippen LogP contribution in [0.3, 0.4) is 0 Å². The molecule has 0 aromatic carbocycles. The maximum atomic E-state index is 13.2. The third-order valence-corrected chi connectivity index (χ3v) is 12.5. The van der Waals surface area contributed by atoms with Crippen LogP contribution >= 0.6 is 0 Å². The number of allylic oxidation sites excluding steroid dienone is 4. The Labute approximate surface area is 380 Å². The predicted molar refractivity (Wildman–Crippen MR) is 264 cm³/mol. The molecule has 0 aromatic rings. The molecule has 0 fully saturated rings. The number of aliphatic hydroxyl groups excluding tert-OH is 2. The van der Waals surface area contributed by atoms with Gasteiger partial charge in [-0.1, -0.05) is 231 Å². The zero-order valence-corrected chi connectivity index (χ0v) is 41.1. The van der Waals surface area contributed by atoms with Crippen molar-refractivity contribution in [3.05, 3.63) is 24.3 Å². The molecule has 0 aromatic heterocycles. The lowest BCUT2D eigenvalue weighted by Gasteiger charge is -2.24. The van der Waals surface area contributed by atoms with Gasteiger partial charge in [0, 0.05) is 6.42 Å². The Morgan fingerprint density at radius 2 is 0.803 bits per heavy atom. The first kappa shape index (κ1) is 59.3. The van der Waals surface area contributed by atoms with E-state index in [1.165, 1.54) is 186 Å². The molecule has 6 nitrogen and oxygen atoms in total. The maximum Gasteiger partial charge on any atom is 0.306 e. The van der Waals surface area contributed by atoms with Gasteiger partial charge in [0.1, 0.15) is 6.10 Å². The zero-order valence-electron chi connectivity index (χ0n) is 41.1. The number of carbonyl (C=O) groups excluding carboxylic acids is 2. The van der Waals surface area contributed by atoms with Gasteiger partial charge in [0.2, 0.25) is 5.91 Å². The smallest absolute Gasteiger partial charge is 0.306 e. The minimum absolute atomic E-state index is 0.0547. The first-order valence-corrected chi connectivity index (χ1v) is 27.1. The fourth-order valence-corrected chi connectivity index (χ4v) is 8.37.